The molecule has 1 heterocycles. The molecule has 148 valence electrons. The van der Waals surface area contributed by atoms with Gasteiger partial charge in [-0.25, -0.2) is 9.48 Å². The van der Waals surface area contributed by atoms with Crippen LogP contribution in [0.5, 0.6) is 0 Å². The number of para-hydroxylation sites is 1. The second-order valence-electron chi connectivity index (χ2n) is 6.64. The Balaban J connectivity index is 1.53. The lowest BCUT2D eigenvalue weighted by molar-refractivity contribution is -0.138. The zero-order valence-corrected chi connectivity index (χ0v) is 16.9. The van der Waals surface area contributed by atoms with Gasteiger partial charge in [0.1, 0.15) is 6.61 Å². The number of hydrogen-bond acceptors (Lipinski definition) is 3. The summed E-state index contributed by atoms with van der Waals surface area (Å²) in [5.74, 6) is -0.420. The van der Waals surface area contributed by atoms with Crippen LogP contribution >= 0.6 is 11.6 Å². The maximum atomic E-state index is 12.2. The molecule has 5 heteroatoms. The molecule has 0 aliphatic heterocycles. The number of hydrogen-bond donors (Lipinski definition) is 0. The van der Waals surface area contributed by atoms with Crippen molar-refractivity contribution in [3.8, 4) is 16.9 Å². The molecule has 0 N–H and O–H groups in total. The second-order valence-corrected chi connectivity index (χ2v) is 7.08. The molecule has 4 rings (SSSR count). The molecule has 0 saturated carbocycles. The maximum absolute atomic E-state index is 12.2. The fourth-order valence-corrected chi connectivity index (χ4v) is 3.13. The Morgan fingerprint density at radius 1 is 0.933 bits per heavy atom. The molecule has 0 fully saturated rings. The number of carbonyl (C=O) groups excluding carboxylic acids is 1. The molecule has 4 aromatic rings. The van der Waals surface area contributed by atoms with E-state index in [4.69, 9.17) is 21.4 Å². The lowest BCUT2D eigenvalue weighted by atomic mass is 10.1. The van der Waals surface area contributed by atoms with Crippen molar-refractivity contribution in [3.63, 3.8) is 0 Å². The molecule has 0 bridgehead atoms. The van der Waals surface area contributed by atoms with E-state index in [1.165, 1.54) is 6.08 Å². The van der Waals surface area contributed by atoms with Gasteiger partial charge >= 0.3 is 5.97 Å². The first kappa shape index (κ1) is 19.7. The highest BCUT2D eigenvalue weighted by Crippen LogP contribution is 2.24. The van der Waals surface area contributed by atoms with Gasteiger partial charge in [0.05, 0.1) is 11.4 Å². The Hall–Kier alpha value is -3.63. The third-order valence-electron chi connectivity index (χ3n) is 4.51. The van der Waals surface area contributed by atoms with Gasteiger partial charge < -0.3 is 4.74 Å². The number of carbonyl (C=O) groups is 1. The van der Waals surface area contributed by atoms with Gasteiger partial charge in [-0.2, -0.15) is 5.10 Å². The highest BCUT2D eigenvalue weighted by atomic mass is 35.5. The highest BCUT2D eigenvalue weighted by Gasteiger charge is 2.13. The van der Waals surface area contributed by atoms with E-state index in [1.54, 1.807) is 22.9 Å². The molecule has 0 aliphatic carbocycles. The van der Waals surface area contributed by atoms with Crippen molar-refractivity contribution in [1.29, 1.82) is 0 Å². The summed E-state index contributed by atoms with van der Waals surface area (Å²) in [5.41, 5.74) is 4.40. The molecule has 3 aromatic carbocycles. The van der Waals surface area contributed by atoms with Gasteiger partial charge in [0.25, 0.3) is 0 Å². The predicted molar refractivity (Wildman–Crippen MR) is 119 cm³/mol. The van der Waals surface area contributed by atoms with Crippen molar-refractivity contribution >= 4 is 23.6 Å². The first-order chi connectivity index (χ1) is 14.7. The summed E-state index contributed by atoms with van der Waals surface area (Å²) in [6.07, 6.45) is 5.01. The highest BCUT2D eigenvalue weighted by molar-refractivity contribution is 6.30. The van der Waals surface area contributed by atoms with Crippen LogP contribution in [0, 0.1) is 0 Å². The van der Waals surface area contributed by atoms with Crippen LogP contribution in [-0.2, 0) is 16.1 Å². The lowest BCUT2D eigenvalue weighted by Crippen LogP contribution is -2.01. The smallest absolute Gasteiger partial charge is 0.331 e. The number of halogens is 1. The van der Waals surface area contributed by atoms with Crippen LogP contribution in [0.1, 0.15) is 11.1 Å². The topological polar surface area (TPSA) is 44.1 Å². The molecule has 0 saturated heterocycles. The summed E-state index contributed by atoms with van der Waals surface area (Å²) >= 11 is 5.88. The Morgan fingerprint density at radius 3 is 2.30 bits per heavy atom. The summed E-state index contributed by atoms with van der Waals surface area (Å²) < 4.78 is 7.28. The van der Waals surface area contributed by atoms with E-state index in [0.29, 0.717) is 5.02 Å². The average Bonchev–Trinajstić information content (AvgIpc) is 3.23. The van der Waals surface area contributed by atoms with Gasteiger partial charge in [-0.1, -0.05) is 72.3 Å². The lowest BCUT2D eigenvalue weighted by Gasteiger charge is -2.03. The average molecular weight is 415 g/mol. The molecular weight excluding hydrogens is 396 g/mol. The third kappa shape index (κ3) is 4.85. The number of benzene rings is 3. The van der Waals surface area contributed by atoms with Crippen LogP contribution < -0.4 is 0 Å². The van der Waals surface area contributed by atoms with E-state index in [2.05, 4.69) is 0 Å². The minimum atomic E-state index is -0.420. The van der Waals surface area contributed by atoms with E-state index < -0.39 is 5.97 Å². The Bertz CT molecular complexity index is 1150. The molecule has 30 heavy (non-hydrogen) atoms. The van der Waals surface area contributed by atoms with Crippen LogP contribution in [0.3, 0.4) is 0 Å². The van der Waals surface area contributed by atoms with Crippen LogP contribution in [0.4, 0.5) is 0 Å². The largest absolute Gasteiger partial charge is 0.458 e. The van der Waals surface area contributed by atoms with E-state index in [1.807, 2.05) is 79.0 Å². The third-order valence-corrected chi connectivity index (χ3v) is 4.76. The molecule has 0 unspecified atom stereocenters. The molecular formula is C25H19ClN2O2. The summed E-state index contributed by atoms with van der Waals surface area (Å²) in [7, 11) is 0. The Morgan fingerprint density at radius 2 is 1.60 bits per heavy atom. The number of nitrogens with zero attached hydrogens (tertiary/aromatic N) is 2. The van der Waals surface area contributed by atoms with Gasteiger partial charge in [-0.05, 0) is 35.9 Å². The van der Waals surface area contributed by atoms with Gasteiger partial charge in [0.2, 0.25) is 0 Å². The standard InChI is InChI=1S/C25H19ClN2O2/c26-22-14-11-19(12-15-22)13-16-24(29)30-18-21-17-28(23-9-5-2-6-10-23)27-25(21)20-7-3-1-4-8-20/h1-17H,18H2/b16-13+. The van der Waals surface area contributed by atoms with E-state index in [9.17, 15) is 4.79 Å². The van der Waals surface area contributed by atoms with Gasteiger partial charge in [-0.15, -0.1) is 0 Å². The van der Waals surface area contributed by atoms with Gasteiger partial charge in [0.15, 0.2) is 0 Å². The first-order valence-corrected chi connectivity index (χ1v) is 9.86. The van der Waals surface area contributed by atoms with Crippen molar-refractivity contribution in [2.24, 2.45) is 0 Å². The summed E-state index contributed by atoms with van der Waals surface area (Å²) in [6.45, 7) is 0.126. The van der Waals surface area contributed by atoms with Crippen molar-refractivity contribution in [2.45, 2.75) is 6.61 Å². The fraction of sp³-hybridized carbons (Fsp3) is 0.0400. The van der Waals surface area contributed by atoms with Gasteiger partial charge in [0, 0.05) is 28.4 Å². The van der Waals surface area contributed by atoms with E-state index in [0.717, 1.165) is 28.1 Å². The van der Waals surface area contributed by atoms with Crippen molar-refractivity contribution < 1.29 is 9.53 Å². The zero-order chi connectivity index (χ0) is 20.8. The number of esters is 1. The van der Waals surface area contributed by atoms with E-state index in [-0.39, 0.29) is 6.61 Å². The number of rotatable bonds is 6. The number of ether oxygens (including phenoxy) is 1. The van der Waals surface area contributed by atoms with E-state index >= 15 is 0 Å². The summed E-state index contributed by atoms with van der Waals surface area (Å²) in [4.78, 5) is 12.2. The maximum Gasteiger partial charge on any atom is 0.331 e. The molecule has 0 atom stereocenters. The fourth-order valence-electron chi connectivity index (χ4n) is 3.00. The zero-order valence-electron chi connectivity index (χ0n) is 16.1. The minimum Gasteiger partial charge on any atom is -0.458 e. The first-order valence-electron chi connectivity index (χ1n) is 9.49. The van der Waals surface area contributed by atoms with Crippen LogP contribution in [0.15, 0.2) is 97.2 Å². The molecule has 0 spiro atoms. The minimum absolute atomic E-state index is 0.126. The molecule has 0 radical (unpaired) electrons. The monoisotopic (exact) mass is 414 g/mol. The summed E-state index contributed by atoms with van der Waals surface area (Å²) in [6, 6.07) is 26.9. The quantitative estimate of drug-likeness (QED) is 0.289. The predicted octanol–water partition coefficient (Wildman–Crippen LogP) is 5.95. The Kier molecular flexibility index (Phi) is 6.06. The van der Waals surface area contributed by atoms with Gasteiger partial charge in [-0.3, -0.25) is 0 Å². The van der Waals surface area contributed by atoms with Crippen molar-refractivity contribution in [3.05, 3.63) is 113 Å². The second kappa shape index (κ2) is 9.25. The van der Waals surface area contributed by atoms with Crippen LogP contribution in [0.25, 0.3) is 23.0 Å². The van der Waals surface area contributed by atoms with Crippen molar-refractivity contribution in [2.75, 3.05) is 0 Å². The van der Waals surface area contributed by atoms with Crippen LogP contribution in [0.2, 0.25) is 5.02 Å². The molecule has 0 amide bonds. The molecule has 4 nitrogen and oxygen atoms in total. The van der Waals surface area contributed by atoms with Crippen LogP contribution in [-0.4, -0.2) is 15.7 Å². The SMILES string of the molecule is O=C(/C=C/c1ccc(Cl)cc1)OCc1cn(-c2ccccc2)nc1-c1ccccc1. The Labute approximate surface area is 180 Å². The molecule has 1 aromatic heterocycles. The summed E-state index contributed by atoms with van der Waals surface area (Å²) in [5, 5.41) is 5.38. The molecule has 0 aliphatic rings. The normalized spacial score (nSPS) is 11.0. The number of aromatic nitrogens is 2. The van der Waals surface area contributed by atoms with Crippen molar-refractivity contribution in [1.82, 2.24) is 9.78 Å².